The van der Waals surface area contributed by atoms with Crippen LogP contribution in [0.3, 0.4) is 0 Å². The van der Waals surface area contributed by atoms with E-state index in [4.69, 9.17) is 15.1 Å². The monoisotopic (exact) mass is 572 g/mol. The van der Waals surface area contributed by atoms with E-state index in [1.165, 1.54) is 6.07 Å². The standard InChI is InChI=1S/C31H32N4O7/c1-31(2,34-15-17-41-18-16-34)30(40)21-11-13-22(14-12-21)35-20-24(23-7-3-5-9-26(23)35)29(39)25(33-42-28(38)19-32)8-4-6-10-27(36)37/h3,5,7,9,11-14,20H,4,6,8,10,15-18H2,1-2H3,(H,36,37)/b33-25+. The zero-order chi connectivity index (χ0) is 30.3. The number of benzene rings is 2. The van der Waals surface area contributed by atoms with Crippen molar-refractivity contribution in [3.63, 3.8) is 0 Å². The second-order valence-electron chi connectivity index (χ2n) is 10.4. The number of oxime groups is 1. The Bertz CT molecular complexity index is 1560. The number of carbonyl (C=O) groups excluding carboxylic acids is 3. The lowest BCUT2D eigenvalue weighted by molar-refractivity contribution is -0.137. The molecule has 1 fully saturated rings. The van der Waals surface area contributed by atoms with Gasteiger partial charge in [-0.25, -0.2) is 4.79 Å². The molecule has 2 heterocycles. The molecular formula is C31H32N4O7. The van der Waals surface area contributed by atoms with Gasteiger partial charge in [0.25, 0.3) is 0 Å². The number of carboxylic acids is 1. The SMILES string of the molecule is CC(C)(C(=O)c1ccc(-n2cc(C(=O)/C(CCCCC(=O)O)=N/OC(=O)C#N)c3ccccc32)cc1)N1CCOCC1. The lowest BCUT2D eigenvalue weighted by atomic mass is 9.91. The Hall–Kier alpha value is -4.66. The molecule has 4 rings (SSSR count). The van der Waals surface area contributed by atoms with Crippen LogP contribution in [0, 0.1) is 11.3 Å². The van der Waals surface area contributed by atoms with Gasteiger partial charge < -0.3 is 19.2 Å². The van der Waals surface area contributed by atoms with Crippen molar-refractivity contribution in [2.45, 2.75) is 45.1 Å². The number of unbranched alkanes of at least 4 members (excludes halogenated alkanes) is 1. The Kier molecular flexibility index (Phi) is 9.62. The van der Waals surface area contributed by atoms with Crippen LogP contribution in [0.15, 0.2) is 59.9 Å². The summed E-state index contributed by atoms with van der Waals surface area (Å²) in [6.45, 7) is 6.38. The zero-order valence-corrected chi connectivity index (χ0v) is 23.5. The minimum absolute atomic E-state index is 0.000140. The highest BCUT2D eigenvalue weighted by molar-refractivity contribution is 6.47. The maximum absolute atomic E-state index is 13.6. The van der Waals surface area contributed by atoms with Gasteiger partial charge in [-0.1, -0.05) is 23.4 Å². The van der Waals surface area contributed by atoms with E-state index < -0.39 is 23.3 Å². The van der Waals surface area contributed by atoms with Gasteiger partial charge in [-0.3, -0.25) is 19.3 Å². The molecule has 11 heteroatoms. The number of para-hydroxylation sites is 1. The number of ether oxygens (including phenoxy) is 1. The van der Waals surface area contributed by atoms with Crippen molar-refractivity contribution in [1.82, 2.24) is 9.47 Å². The fourth-order valence-corrected chi connectivity index (χ4v) is 5.01. The van der Waals surface area contributed by atoms with Crippen molar-refractivity contribution in [3.05, 3.63) is 65.9 Å². The summed E-state index contributed by atoms with van der Waals surface area (Å²) < 4.78 is 7.26. The molecule has 1 aromatic heterocycles. The summed E-state index contributed by atoms with van der Waals surface area (Å²) >= 11 is 0. The minimum Gasteiger partial charge on any atom is -0.481 e. The van der Waals surface area contributed by atoms with Crippen LogP contribution in [0.25, 0.3) is 16.6 Å². The van der Waals surface area contributed by atoms with E-state index in [0.29, 0.717) is 55.7 Å². The summed E-state index contributed by atoms with van der Waals surface area (Å²) in [5.41, 5.74) is 1.52. The van der Waals surface area contributed by atoms with E-state index in [1.54, 1.807) is 30.5 Å². The fraction of sp³-hybridized carbons (Fsp3) is 0.355. The highest BCUT2D eigenvalue weighted by Gasteiger charge is 2.36. The Morgan fingerprint density at radius 3 is 2.36 bits per heavy atom. The highest BCUT2D eigenvalue weighted by atomic mass is 16.7. The molecule has 218 valence electrons. The second kappa shape index (κ2) is 13.3. The van der Waals surface area contributed by atoms with Gasteiger partial charge >= 0.3 is 11.9 Å². The molecule has 0 atom stereocenters. The van der Waals surface area contributed by atoms with Crippen molar-refractivity contribution in [3.8, 4) is 11.8 Å². The maximum Gasteiger partial charge on any atom is 0.436 e. The van der Waals surface area contributed by atoms with Crippen LogP contribution in [0.5, 0.6) is 0 Å². The number of carbonyl (C=O) groups is 4. The summed E-state index contributed by atoms with van der Waals surface area (Å²) in [6.07, 6.45) is 2.24. The van der Waals surface area contributed by atoms with E-state index in [9.17, 15) is 19.2 Å². The van der Waals surface area contributed by atoms with Crippen LogP contribution in [0.1, 0.15) is 60.2 Å². The van der Waals surface area contributed by atoms with Gasteiger partial charge in [0, 0.05) is 47.9 Å². The predicted molar refractivity (Wildman–Crippen MR) is 154 cm³/mol. The van der Waals surface area contributed by atoms with Crippen LogP contribution < -0.4 is 0 Å². The second-order valence-corrected chi connectivity index (χ2v) is 10.4. The number of rotatable bonds is 12. The van der Waals surface area contributed by atoms with E-state index in [2.05, 4.69) is 14.9 Å². The summed E-state index contributed by atoms with van der Waals surface area (Å²) in [5.74, 6) is -2.74. The average Bonchev–Trinajstić information content (AvgIpc) is 3.40. The van der Waals surface area contributed by atoms with Gasteiger partial charge in [-0.15, -0.1) is 0 Å². The zero-order valence-electron chi connectivity index (χ0n) is 23.5. The van der Waals surface area contributed by atoms with Crippen LogP contribution in [0.2, 0.25) is 0 Å². The smallest absolute Gasteiger partial charge is 0.436 e. The average molecular weight is 573 g/mol. The molecule has 11 nitrogen and oxygen atoms in total. The van der Waals surface area contributed by atoms with E-state index in [-0.39, 0.29) is 24.3 Å². The largest absolute Gasteiger partial charge is 0.481 e. The Morgan fingerprint density at radius 2 is 1.69 bits per heavy atom. The van der Waals surface area contributed by atoms with Gasteiger partial charge in [0.2, 0.25) is 5.78 Å². The van der Waals surface area contributed by atoms with Crippen LogP contribution >= 0.6 is 0 Å². The number of carboxylic acid groups (broad SMARTS) is 1. The number of aliphatic carboxylic acids is 1. The third-order valence-electron chi connectivity index (χ3n) is 7.37. The van der Waals surface area contributed by atoms with Crippen molar-refractivity contribution in [1.29, 1.82) is 5.26 Å². The molecule has 0 bridgehead atoms. The van der Waals surface area contributed by atoms with Crippen molar-refractivity contribution in [2.24, 2.45) is 5.16 Å². The molecule has 3 aromatic rings. The third kappa shape index (κ3) is 6.79. The molecule has 0 unspecified atom stereocenters. The summed E-state index contributed by atoms with van der Waals surface area (Å²) in [5, 5.41) is 21.9. The first-order chi connectivity index (χ1) is 20.1. The van der Waals surface area contributed by atoms with Crippen LogP contribution in [-0.2, 0) is 19.2 Å². The molecule has 0 saturated carbocycles. The van der Waals surface area contributed by atoms with Crippen molar-refractivity contribution in [2.75, 3.05) is 26.3 Å². The highest BCUT2D eigenvalue weighted by Crippen LogP contribution is 2.28. The van der Waals surface area contributed by atoms with Crippen molar-refractivity contribution < 1.29 is 33.9 Å². The van der Waals surface area contributed by atoms with E-state index in [0.717, 1.165) is 11.2 Å². The van der Waals surface area contributed by atoms with Gasteiger partial charge in [0.05, 0.1) is 24.3 Å². The predicted octanol–water partition coefficient (Wildman–Crippen LogP) is 4.17. The Balaban J connectivity index is 1.63. The Labute approximate surface area is 242 Å². The molecule has 42 heavy (non-hydrogen) atoms. The molecule has 1 saturated heterocycles. The number of fused-ring (bicyclic) bond motifs is 1. The quantitative estimate of drug-likeness (QED) is 0.0842. The number of aromatic nitrogens is 1. The first kappa shape index (κ1) is 30.3. The number of nitrogens with zero attached hydrogens (tertiary/aromatic N) is 4. The minimum atomic E-state index is -1.26. The molecule has 0 radical (unpaired) electrons. The molecule has 0 spiro atoms. The number of morpholine rings is 1. The normalized spacial score (nSPS) is 14.4. The van der Waals surface area contributed by atoms with Gasteiger partial charge in [-0.05, 0) is 63.4 Å². The molecule has 0 amide bonds. The number of ketones is 2. The number of hydrogen-bond donors (Lipinski definition) is 1. The molecule has 1 aliphatic rings. The number of hydrogen-bond acceptors (Lipinski definition) is 9. The van der Waals surface area contributed by atoms with Crippen molar-refractivity contribution >= 4 is 40.1 Å². The van der Waals surface area contributed by atoms with Gasteiger partial charge in [0.15, 0.2) is 11.9 Å². The summed E-state index contributed by atoms with van der Waals surface area (Å²) in [4.78, 5) is 56.1. The first-order valence-corrected chi connectivity index (χ1v) is 13.7. The van der Waals surface area contributed by atoms with Crippen LogP contribution in [0.4, 0.5) is 0 Å². The molecule has 0 aliphatic carbocycles. The summed E-state index contributed by atoms with van der Waals surface area (Å²) in [6, 6.07) is 15.7. The number of Topliss-reactive ketones (excluding diaryl/α,β-unsaturated/α-hetero) is 2. The third-order valence-corrected chi connectivity index (χ3v) is 7.37. The maximum atomic E-state index is 13.6. The number of nitriles is 1. The molecular weight excluding hydrogens is 540 g/mol. The van der Waals surface area contributed by atoms with Gasteiger partial charge in [0.1, 0.15) is 5.71 Å². The first-order valence-electron chi connectivity index (χ1n) is 13.7. The van der Waals surface area contributed by atoms with E-state index in [1.807, 2.05) is 42.7 Å². The van der Waals surface area contributed by atoms with E-state index >= 15 is 0 Å². The topological polar surface area (TPSA) is 151 Å². The lowest BCUT2D eigenvalue weighted by Crippen LogP contribution is -2.54. The molecule has 2 aromatic carbocycles. The Morgan fingerprint density at radius 1 is 1.02 bits per heavy atom. The lowest BCUT2D eigenvalue weighted by Gasteiger charge is -2.39. The fourth-order valence-electron chi connectivity index (χ4n) is 5.01. The summed E-state index contributed by atoms with van der Waals surface area (Å²) in [7, 11) is 0. The van der Waals surface area contributed by atoms with Gasteiger partial charge in [-0.2, -0.15) is 5.26 Å². The molecule has 1 aliphatic heterocycles. The van der Waals surface area contributed by atoms with Crippen LogP contribution in [-0.4, -0.2) is 75.6 Å². The molecule has 1 N–H and O–H groups in total.